The summed E-state index contributed by atoms with van der Waals surface area (Å²) < 4.78 is 44.7. The Morgan fingerprint density at radius 1 is 1.09 bits per heavy atom. The molecule has 7 nitrogen and oxygen atoms in total. The van der Waals surface area contributed by atoms with Crippen LogP contribution in [0.3, 0.4) is 0 Å². The molecule has 0 bridgehead atoms. The Morgan fingerprint density at radius 2 is 1.88 bits per heavy atom. The summed E-state index contributed by atoms with van der Waals surface area (Å²) >= 11 is 6.03. The van der Waals surface area contributed by atoms with Gasteiger partial charge in [0.15, 0.2) is 0 Å². The number of hydrogen-bond donors (Lipinski definition) is 3. The lowest BCUT2D eigenvalue weighted by Gasteiger charge is -2.10. The lowest BCUT2D eigenvalue weighted by atomic mass is 10.2. The highest BCUT2D eigenvalue weighted by molar-refractivity contribution is 6.33. The van der Waals surface area contributed by atoms with E-state index in [-0.39, 0.29) is 28.3 Å². The van der Waals surface area contributed by atoms with Crippen molar-refractivity contribution in [2.75, 3.05) is 12.4 Å². The lowest BCUT2D eigenvalue weighted by Crippen LogP contribution is -2.18. The number of alkyl halides is 3. The van der Waals surface area contributed by atoms with Crippen LogP contribution in [0.5, 0.6) is 11.5 Å². The van der Waals surface area contributed by atoms with E-state index in [1.165, 1.54) is 25.4 Å². The number of H-pyrrole nitrogens is 1. The number of halogens is 4. The van der Waals surface area contributed by atoms with E-state index in [0.29, 0.717) is 22.5 Å². The molecule has 0 aliphatic heterocycles. The van der Waals surface area contributed by atoms with Gasteiger partial charge in [0.2, 0.25) is 5.95 Å². The van der Waals surface area contributed by atoms with E-state index in [2.05, 4.69) is 25.6 Å². The number of rotatable bonds is 5. The maximum Gasteiger partial charge on any atom is 0.416 e. The second-order valence-corrected chi connectivity index (χ2v) is 7.05. The molecule has 164 valence electrons. The van der Waals surface area contributed by atoms with Crippen molar-refractivity contribution in [3.05, 3.63) is 71.0 Å². The molecular formula is C21H15ClF3N5O2. The Kier molecular flexibility index (Phi) is 5.62. The number of carbonyl (C=O) groups is 1. The minimum absolute atomic E-state index is 0.0653. The summed E-state index contributed by atoms with van der Waals surface area (Å²) in [5.74, 6) is 0.734. The first kappa shape index (κ1) is 21.4. The fourth-order valence-electron chi connectivity index (χ4n) is 2.90. The number of ether oxygens (including phenoxy) is 1. The molecule has 0 aliphatic rings. The van der Waals surface area contributed by atoms with Gasteiger partial charge < -0.3 is 20.4 Å². The highest BCUT2D eigenvalue weighted by Crippen LogP contribution is 2.35. The standard InChI is InChI=1S/C21H15ClF3N5O2/c1-26-19(31)18-10-13(6-7-27-18)32-12-3-5-15-17(9-12)30-20(28-15)29-16-8-11(21(23,24)25)2-4-14(16)22/h2-10H,1H3,(H,26,31)(H2,28,29,30). The topological polar surface area (TPSA) is 91.9 Å². The van der Waals surface area contributed by atoms with Gasteiger partial charge in [0.25, 0.3) is 5.91 Å². The molecule has 0 spiro atoms. The largest absolute Gasteiger partial charge is 0.457 e. The minimum atomic E-state index is -4.49. The number of carbonyl (C=O) groups excluding carboxylic acids is 1. The Labute approximate surface area is 184 Å². The van der Waals surface area contributed by atoms with E-state index in [9.17, 15) is 18.0 Å². The van der Waals surface area contributed by atoms with Crippen molar-refractivity contribution in [1.82, 2.24) is 20.3 Å². The summed E-state index contributed by atoms with van der Waals surface area (Å²) in [7, 11) is 1.50. The Morgan fingerprint density at radius 3 is 2.62 bits per heavy atom. The van der Waals surface area contributed by atoms with Gasteiger partial charge in [0.05, 0.1) is 27.3 Å². The van der Waals surface area contributed by atoms with Crippen molar-refractivity contribution >= 4 is 40.2 Å². The molecule has 2 aromatic carbocycles. The van der Waals surface area contributed by atoms with E-state index < -0.39 is 11.7 Å². The third-order valence-corrected chi connectivity index (χ3v) is 4.76. The number of aromatic amines is 1. The number of imidazole rings is 1. The highest BCUT2D eigenvalue weighted by atomic mass is 35.5. The summed E-state index contributed by atoms with van der Waals surface area (Å²) in [5.41, 5.74) is 0.578. The van der Waals surface area contributed by atoms with Crippen molar-refractivity contribution in [3.63, 3.8) is 0 Å². The maximum atomic E-state index is 13.0. The molecule has 0 unspecified atom stereocenters. The maximum absolute atomic E-state index is 13.0. The van der Waals surface area contributed by atoms with Gasteiger partial charge in [0.1, 0.15) is 17.2 Å². The van der Waals surface area contributed by atoms with Crippen LogP contribution in [0.2, 0.25) is 5.02 Å². The third-order valence-electron chi connectivity index (χ3n) is 4.43. The van der Waals surface area contributed by atoms with Crippen molar-refractivity contribution < 1.29 is 22.7 Å². The van der Waals surface area contributed by atoms with Crippen molar-refractivity contribution in [3.8, 4) is 11.5 Å². The summed E-state index contributed by atoms with van der Waals surface area (Å²) in [6.45, 7) is 0. The predicted molar refractivity (Wildman–Crippen MR) is 114 cm³/mol. The molecule has 3 N–H and O–H groups in total. The molecule has 32 heavy (non-hydrogen) atoms. The lowest BCUT2D eigenvalue weighted by molar-refractivity contribution is -0.137. The second kappa shape index (κ2) is 8.39. The Balaban J connectivity index is 1.57. The quantitative estimate of drug-likeness (QED) is 0.363. The van der Waals surface area contributed by atoms with Crippen LogP contribution >= 0.6 is 11.6 Å². The van der Waals surface area contributed by atoms with E-state index >= 15 is 0 Å². The molecule has 2 aromatic heterocycles. The number of amides is 1. The summed E-state index contributed by atoms with van der Waals surface area (Å²) in [5, 5.41) is 5.38. The molecule has 2 heterocycles. The van der Waals surface area contributed by atoms with Gasteiger partial charge in [-0.2, -0.15) is 13.2 Å². The number of fused-ring (bicyclic) bond motifs is 1. The van der Waals surface area contributed by atoms with E-state index in [1.807, 2.05) is 0 Å². The van der Waals surface area contributed by atoms with Gasteiger partial charge in [-0.15, -0.1) is 0 Å². The first-order chi connectivity index (χ1) is 15.2. The number of benzene rings is 2. The fraction of sp³-hybridized carbons (Fsp3) is 0.0952. The predicted octanol–water partition coefficient (Wildman–Crippen LogP) is 5.53. The number of hydrogen-bond acceptors (Lipinski definition) is 5. The van der Waals surface area contributed by atoms with Crippen LogP contribution in [0.15, 0.2) is 54.7 Å². The Hall–Kier alpha value is -3.79. The smallest absolute Gasteiger partial charge is 0.416 e. The normalized spacial score (nSPS) is 11.4. The number of pyridine rings is 1. The second-order valence-electron chi connectivity index (χ2n) is 6.64. The van der Waals surface area contributed by atoms with Crippen molar-refractivity contribution in [2.45, 2.75) is 6.18 Å². The molecule has 0 radical (unpaired) electrons. The molecule has 0 saturated carbocycles. The van der Waals surface area contributed by atoms with Gasteiger partial charge in [-0.25, -0.2) is 4.98 Å². The third kappa shape index (κ3) is 4.59. The highest BCUT2D eigenvalue weighted by Gasteiger charge is 2.31. The van der Waals surface area contributed by atoms with Gasteiger partial charge in [-0.1, -0.05) is 11.6 Å². The van der Waals surface area contributed by atoms with Gasteiger partial charge in [0, 0.05) is 25.4 Å². The van der Waals surface area contributed by atoms with Crippen LogP contribution in [-0.4, -0.2) is 27.9 Å². The number of aromatic nitrogens is 3. The number of nitrogens with zero attached hydrogens (tertiary/aromatic N) is 2. The van der Waals surface area contributed by atoms with Gasteiger partial charge >= 0.3 is 6.18 Å². The molecule has 4 rings (SSSR count). The summed E-state index contributed by atoms with van der Waals surface area (Å²) in [6.07, 6.45) is -3.04. The molecule has 1 amide bonds. The monoisotopic (exact) mass is 461 g/mol. The molecule has 0 atom stereocenters. The van der Waals surface area contributed by atoms with Crippen LogP contribution < -0.4 is 15.4 Å². The first-order valence-corrected chi connectivity index (χ1v) is 9.60. The fourth-order valence-corrected chi connectivity index (χ4v) is 3.06. The number of nitrogens with one attached hydrogen (secondary N) is 3. The molecular weight excluding hydrogens is 447 g/mol. The molecule has 11 heteroatoms. The van der Waals surface area contributed by atoms with Crippen LogP contribution in [0.1, 0.15) is 16.1 Å². The van der Waals surface area contributed by atoms with Crippen LogP contribution in [-0.2, 0) is 6.18 Å². The Bertz CT molecular complexity index is 1310. The van der Waals surface area contributed by atoms with Crippen molar-refractivity contribution in [1.29, 1.82) is 0 Å². The van der Waals surface area contributed by atoms with Crippen molar-refractivity contribution in [2.24, 2.45) is 0 Å². The summed E-state index contributed by atoms with van der Waals surface area (Å²) in [4.78, 5) is 23.0. The zero-order chi connectivity index (χ0) is 22.9. The minimum Gasteiger partial charge on any atom is -0.457 e. The van der Waals surface area contributed by atoms with Gasteiger partial charge in [-0.05, 0) is 36.4 Å². The average molecular weight is 462 g/mol. The molecule has 0 saturated heterocycles. The zero-order valence-electron chi connectivity index (χ0n) is 16.4. The van der Waals surface area contributed by atoms with E-state index in [4.69, 9.17) is 16.3 Å². The van der Waals surface area contributed by atoms with E-state index in [0.717, 1.165) is 12.1 Å². The average Bonchev–Trinajstić information content (AvgIpc) is 3.15. The van der Waals surface area contributed by atoms with Crippen LogP contribution in [0.25, 0.3) is 11.0 Å². The molecule has 0 fully saturated rings. The van der Waals surface area contributed by atoms with Crippen LogP contribution in [0, 0.1) is 0 Å². The zero-order valence-corrected chi connectivity index (χ0v) is 17.2. The first-order valence-electron chi connectivity index (χ1n) is 9.22. The van der Waals surface area contributed by atoms with Gasteiger partial charge in [-0.3, -0.25) is 9.78 Å². The molecule has 4 aromatic rings. The molecule has 0 aliphatic carbocycles. The number of anilines is 2. The van der Waals surface area contributed by atoms with E-state index in [1.54, 1.807) is 24.3 Å². The van der Waals surface area contributed by atoms with Crippen LogP contribution in [0.4, 0.5) is 24.8 Å². The summed E-state index contributed by atoms with van der Waals surface area (Å²) in [6, 6.07) is 11.1. The SMILES string of the molecule is CNC(=O)c1cc(Oc2ccc3nc(Nc4cc(C(F)(F)F)ccc4Cl)[nH]c3c2)ccn1.